The van der Waals surface area contributed by atoms with E-state index in [4.69, 9.17) is 0 Å². The zero-order chi connectivity index (χ0) is 18.4. The molecule has 0 aliphatic carbocycles. The zero-order valence-electron chi connectivity index (χ0n) is 16.6. The van der Waals surface area contributed by atoms with Crippen molar-refractivity contribution in [2.75, 3.05) is 23.3 Å². The van der Waals surface area contributed by atoms with Crippen LogP contribution in [-0.2, 0) is 5.41 Å². The zero-order valence-corrected chi connectivity index (χ0v) is 18.6. The number of nitrogens with zero attached hydrogens (tertiary/aromatic N) is 5. The summed E-state index contributed by atoms with van der Waals surface area (Å²) in [5.74, 6) is 0.604. The fourth-order valence-corrected chi connectivity index (χ4v) is 12.5. The van der Waals surface area contributed by atoms with Gasteiger partial charge in [0.25, 0.3) is 5.56 Å². The molecule has 8 heteroatoms. The average molecular weight is 356 g/mol. The highest BCUT2D eigenvalue weighted by Crippen LogP contribution is 2.22. The van der Waals surface area contributed by atoms with Crippen LogP contribution in [0.2, 0.25) is 39.3 Å². The summed E-state index contributed by atoms with van der Waals surface area (Å²) in [7, 11) is 0.232. The van der Waals surface area contributed by atoms with Crippen LogP contribution in [0.25, 0.3) is 0 Å². The van der Waals surface area contributed by atoms with Gasteiger partial charge in [-0.15, -0.1) is 10.2 Å². The van der Waals surface area contributed by atoms with E-state index in [1.807, 2.05) is 44.4 Å². The predicted octanol–water partition coefficient (Wildman–Crippen LogP) is 2.61. The van der Waals surface area contributed by atoms with Crippen molar-refractivity contribution >= 4 is 22.4 Å². The Morgan fingerprint density at radius 2 is 1.35 bits per heavy atom. The lowest BCUT2D eigenvalue weighted by molar-refractivity contribution is 0.531. The maximum atomic E-state index is 13.3. The normalized spacial score (nSPS) is 13.2. The first-order chi connectivity index (χ1) is 10.1. The molecule has 1 aromatic heterocycles. The maximum absolute atomic E-state index is 13.3. The summed E-state index contributed by atoms with van der Waals surface area (Å²) in [5.41, 5.74) is 0.145. The Bertz CT molecular complexity index is 607. The minimum absolute atomic E-state index is 0.0407. The molecule has 0 spiro atoms. The highest BCUT2D eigenvalue weighted by molar-refractivity contribution is 6.97. The molecule has 0 saturated carbocycles. The maximum Gasteiger partial charge on any atom is 0.294 e. The van der Waals surface area contributed by atoms with Gasteiger partial charge < -0.3 is 9.24 Å². The first kappa shape index (κ1) is 19.9. The molecule has 0 aromatic carbocycles. The molecule has 23 heavy (non-hydrogen) atoms. The Morgan fingerprint density at radius 3 is 1.65 bits per heavy atom. The van der Waals surface area contributed by atoms with E-state index in [9.17, 15) is 4.79 Å². The number of hydrogen-bond donors (Lipinski definition) is 0. The lowest BCUT2D eigenvalue weighted by Crippen LogP contribution is -2.68. The summed E-state index contributed by atoms with van der Waals surface area (Å²) in [6, 6.07) is 0. The highest BCUT2D eigenvalue weighted by atomic mass is 28.4. The largest absolute Gasteiger partial charge is 0.359 e. The monoisotopic (exact) mass is 355 g/mol. The van der Waals surface area contributed by atoms with Gasteiger partial charge in [0.05, 0.1) is 0 Å². The van der Waals surface area contributed by atoms with Gasteiger partial charge in [0.15, 0.2) is 16.5 Å². The second kappa shape index (κ2) is 6.05. The van der Waals surface area contributed by atoms with Crippen LogP contribution in [0.4, 0.5) is 5.95 Å². The van der Waals surface area contributed by atoms with E-state index < -0.39 is 16.5 Å². The van der Waals surface area contributed by atoms with Crippen molar-refractivity contribution in [2.45, 2.75) is 65.5 Å². The molecule has 132 valence electrons. The minimum atomic E-state index is -1.79. The van der Waals surface area contributed by atoms with E-state index in [0.29, 0.717) is 11.6 Å². The smallest absolute Gasteiger partial charge is 0.294 e. The lowest BCUT2D eigenvalue weighted by atomic mass is 9.93. The van der Waals surface area contributed by atoms with Crippen molar-refractivity contribution in [1.29, 1.82) is 0 Å². The van der Waals surface area contributed by atoms with Crippen LogP contribution in [0.1, 0.15) is 26.5 Å². The minimum Gasteiger partial charge on any atom is -0.359 e. The molecule has 0 amide bonds. The molecule has 0 fully saturated rings. The quantitative estimate of drug-likeness (QED) is 0.777. The molecule has 6 nitrogen and oxygen atoms in total. The number of aromatic nitrogens is 3. The van der Waals surface area contributed by atoms with Gasteiger partial charge in [-0.25, -0.2) is 4.68 Å². The Kier molecular flexibility index (Phi) is 5.23. The Hall–Kier alpha value is -1.16. The predicted molar refractivity (Wildman–Crippen MR) is 104 cm³/mol. The van der Waals surface area contributed by atoms with Crippen LogP contribution in [0.15, 0.2) is 4.79 Å². The van der Waals surface area contributed by atoms with Crippen LogP contribution in [-0.4, -0.2) is 45.4 Å². The molecule has 0 atom stereocenters. The first-order valence-corrected chi connectivity index (χ1v) is 15.0. The van der Waals surface area contributed by atoms with Gasteiger partial charge in [0.2, 0.25) is 5.95 Å². The van der Waals surface area contributed by atoms with Crippen molar-refractivity contribution in [2.24, 2.45) is 0 Å². The molecule has 1 rings (SSSR count). The second-order valence-corrected chi connectivity index (χ2v) is 19.2. The average Bonchev–Trinajstić information content (AvgIpc) is 2.25. The molecule has 0 aliphatic heterocycles. The molecule has 1 heterocycles. The third-order valence-electron chi connectivity index (χ3n) is 3.41. The molecule has 0 unspecified atom stereocenters. The lowest BCUT2D eigenvalue weighted by Gasteiger charge is -2.47. The molecular formula is C15H33N5OSi2. The summed E-state index contributed by atoms with van der Waals surface area (Å²) >= 11 is 0. The van der Waals surface area contributed by atoms with E-state index in [2.05, 4.69) is 53.8 Å². The third-order valence-corrected chi connectivity index (χ3v) is 10.4. The number of rotatable bonds is 4. The Labute approximate surface area is 142 Å². The van der Waals surface area contributed by atoms with E-state index in [0.717, 1.165) is 0 Å². The third kappa shape index (κ3) is 4.23. The highest BCUT2D eigenvalue weighted by Gasteiger charge is 2.38. The Balaban J connectivity index is 3.88. The topological polar surface area (TPSA) is 54.3 Å². The molecular weight excluding hydrogens is 322 g/mol. The summed E-state index contributed by atoms with van der Waals surface area (Å²) in [6.07, 6.45) is 0. The van der Waals surface area contributed by atoms with Gasteiger partial charge in [-0.1, -0.05) is 60.1 Å². The summed E-state index contributed by atoms with van der Waals surface area (Å²) in [4.78, 5) is 15.2. The van der Waals surface area contributed by atoms with Crippen molar-refractivity contribution < 1.29 is 0 Å². The van der Waals surface area contributed by atoms with Gasteiger partial charge in [-0.3, -0.25) is 4.79 Å². The fraction of sp³-hybridized carbons (Fsp3) is 0.800. The van der Waals surface area contributed by atoms with Crippen LogP contribution in [0.3, 0.4) is 0 Å². The van der Waals surface area contributed by atoms with Crippen molar-refractivity contribution in [3.05, 3.63) is 16.0 Å². The van der Waals surface area contributed by atoms with E-state index >= 15 is 0 Å². The SMILES string of the molecule is CN(C)c1nnc(C(C)(C)C)c(=O)n1N([Si](C)(C)C)[Si](C)(C)C. The molecule has 0 aliphatic rings. The van der Waals surface area contributed by atoms with Crippen LogP contribution in [0.5, 0.6) is 0 Å². The molecule has 1 aromatic rings. The molecule has 0 radical (unpaired) electrons. The second-order valence-electron chi connectivity index (χ2n) is 9.26. The van der Waals surface area contributed by atoms with Gasteiger partial charge in [-0.05, 0) is 0 Å². The van der Waals surface area contributed by atoms with Gasteiger partial charge in [0.1, 0.15) is 5.69 Å². The Morgan fingerprint density at radius 1 is 0.913 bits per heavy atom. The van der Waals surface area contributed by atoms with Crippen molar-refractivity contribution in [3.63, 3.8) is 0 Å². The van der Waals surface area contributed by atoms with E-state index in [1.54, 1.807) is 0 Å². The van der Waals surface area contributed by atoms with Crippen molar-refractivity contribution in [1.82, 2.24) is 14.9 Å². The van der Waals surface area contributed by atoms with Gasteiger partial charge in [0, 0.05) is 19.5 Å². The molecule has 0 bridgehead atoms. The summed E-state index contributed by atoms with van der Waals surface area (Å²) in [5, 5.41) is 8.65. The molecule has 0 saturated heterocycles. The first-order valence-electron chi connectivity index (χ1n) is 8.06. The fourth-order valence-electron chi connectivity index (χ4n) is 2.91. The standard InChI is InChI=1S/C15H33N5OSi2/c1-15(2,3)12-13(21)19(14(17-16-12)18(4)5)20(22(6,7)8)23(9,10)11/h1-11H3. The summed E-state index contributed by atoms with van der Waals surface area (Å²) in [6.45, 7) is 19.6. The van der Waals surface area contributed by atoms with Crippen molar-refractivity contribution in [3.8, 4) is 0 Å². The number of anilines is 1. The van der Waals surface area contributed by atoms with E-state index in [-0.39, 0.29) is 11.0 Å². The van der Waals surface area contributed by atoms with Gasteiger partial charge >= 0.3 is 0 Å². The van der Waals surface area contributed by atoms with Crippen LogP contribution in [0, 0.1) is 0 Å². The molecule has 0 N–H and O–H groups in total. The summed E-state index contributed by atoms with van der Waals surface area (Å²) < 4.78 is 4.17. The van der Waals surface area contributed by atoms with Crippen LogP contribution >= 0.6 is 0 Å². The van der Waals surface area contributed by atoms with Gasteiger partial charge in [-0.2, -0.15) is 0 Å². The number of hydrogen-bond acceptors (Lipinski definition) is 5. The van der Waals surface area contributed by atoms with E-state index in [1.165, 1.54) is 0 Å². The van der Waals surface area contributed by atoms with Crippen LogP contribution < -0.4 is 14.8 Å².